The minimum Gasteiger partial charge on any atom is -0.493 e. The Morgan fingerprint density at radius 1 is 1.08 bits per heavy atom. The third-order valence-corrected chi connectivity index (χ3v) is 4.13. The number of nitrogens with one attached hydrogen (secondary N) is 2. The molecule has 0 fully saturated rings. The van der Waals surface area contributed by atoms with Gasteiger partial charge in [-0.15, -0.1) is 0 Å². The summed E-state index contributed by atoms with van der Waals surface area (Å²) >= 11 is 0. The highest BCUT2D eigenvalue weighted by Crippen LogP contribution is 2.30. The second-order valence-corrected chi connectivity index (χ2v) is 5.75. The quantitative estimate of drug-likeness (QED) is 0.814. The van der Waals surface area contributed by atoms with Crippen LogP contribution in [0.4, 0.5) is 5.69 Å². The van der Waals surface area contributed by atoms with Gasteiger partial charge < -0.3 is 19.7 Å². The van der Waals surface area contributed by atoms with Gasteiger partial charge in [-0.2, -0.15) is 0 Å². The highest BCUT2D eigenvalue weighted by atomic mass is 16.5. The van der Waals surface area contributed by atoms with E-state index in [-0.39, 0.29) is 11.9 Å². The van der Waals surface area contributed by atoms with Gasteiger partial charge in [-0.05, 0) is 31.2 Å². The number of anilines is 1. The van der Waals surface area contributed by atoms with Crippen LogP contribution >= 0.6 is 0 Å². The molecule has 128 valence electrons. The number of ether oxygens (including phenoxy) is 2. The van der Waals surface area contributed by atoms with Gasteiger partial charge >= 0.3 is 0 Å². The van der Waals surface area contributed by atoms with E-state index in [1.807, 2.05) is 62.5 Å². The van der Waals surface area contributed by atoms with Crippen LogP contribution in [0.15, 0.2) is 48.5 Å². The average Bonchev–Trinajstić information content (AvgIpc) is 2.61. The van der Waals surface area contributed by atoms with Crippen LogP contribution in [0.2, 0.25) is 0 Å². The van der Waals surface area contributed by atoms with Gasteiger partial charge in [0.15, 0.2) is 17.5 Å². The molecule has 1 unspecified atom stereocenters. The molecule has 0 bridgehead atoms. The van der Waals surface area contributed by atoms with Gasteiger partial charge in [0.2, 0.25) is 0 Å². The Balaban J connectivity index is 2.06. The van der Waals surface area contributed by atoms with Crippen molar-refractivity contribution >= 4 is 11.6 Å². The SMILES string of the molecule is COc1cccc(C[NH+](C)[C@@H](C)C(=O)Nc2ccccc2)c1OC. The molecule has 0 aliphatic rings. The molecule has 0 spiro atoms. The molecular formula is C19H25N2O3+. The number of likely N-dealkylation sites (N-methyl/N-ethyl adjacent to an activating group) is 1. The Morgan fingerprint density at radius 3 is 2.42 bits per heavy atom. The van der Waals surface area contributed by atoms with Crippen molar-refractivity contribution in [3.8, 4) is 11.5 Å². The number of rotatable bonds is 7. The summed E-state index contributed by atoms with van der Waals surface area (Å²) in [4.78, 5) is 13.5. The number of hydrogen-bond acceptors (Lipinski definition) is 3. The second kappa shape index (κ2) is 8.36. The number of carbonyl (C=O) groups is 1. The fourth-order valence-corrected chi connectivity index (χ4v) is 2.54. The van der Waals surface area contributed by atoms with Crippen molar-refractivity contribution in [2.75, 3.05) is 26.6 Å². The van der Waals surface area contributed by atoms with Crippen LogP contribution in [-0.4, -0.2) is 33.2 Å². The Kier molecular flexibility index (Phi) is 6.21. The maximum Gasteiger partial charge on any atom is 0.282 e. The summed E-state index contributed by atoms with van der Waals surface area (Å²) in [6, 6.07) is 15.1. The molecule has 0 saturated heterocycles. The Hall–Kier alpha value is -2.53. The van der Waals surface area contributed by atoms with Crippen LogP contribution < -0.4 is 19.7 Å². The van der Waals surface area contributed by atoms with Gasteiger partial charge in [-0.1, -0.05) is 24.3 Å². The largest absolute Gasteiger partial charge is 0.493 e. The van der Waals surface area contributed by atoms with Gasteiger partial charge in [-0.25, -0.2) is 0 Å². The Labute approximate surface area is 143 Å². The molecule has 2 rings (SSSR count). The molecule has 0 aromatic heterocycles. The molecule has 1 amide bonds. The summed E-state index contributed by atoms with van der Waals surface area (Å²) in [7, 11) is 5.24. The molecule has 0 aliphatic carbocycles. The molecule has 2 atom stereocenters. The molecule has 2 N–H and O–H groups in total. The van der Waals surface area contributed by atoms with Crippen molar-refractivity contribution < 1.29 is 19.2 Å². The van der Waals surface area contributed by atoms with E-state index in [0.29, 0.717) is 12.3 Å². The van der Waals surface area contributed by atoms with E-state index in [1.165, 1.54) is 0 Å². The topological polar surface area (TPSA) is 52.0 Å². The van der Waals surface area contributed by atoms with Crippen LogP contribution in [0.1, 0.15) is 12.5 Å². The van der Waals surface area contributed by atoms with Gasteiger partial charge in [0.1, 0.15) is 6.54 Å². The van der Waals surface area contributed by atoms with Crippen LogP contribution in [0.3, 0.4) is 0 Å². The van der Waals surface area contributed by atoms with Crippen molar-refractivity contribution in [1.29, 1.82) is 0 Å². The molecule has 5 nitrogen and oxygen atoms in total. The summed E-state index contributed by atoms with van der Waals surface area (Å²) in [5, 5.41) is 2.94. The molecule has 0 aliphatic heterocycles. The highest BCUT2D eigenvalue weighted by molar-refractivity contribution is 5.93. The van der Waals surface area contributed by atoms with Gasteiger partial charge in [0, 0.05) is 5.69 Å². The minimum atomic E-state index is -0.207. The first-order chi connectivity index (χ1) is 11.6. The summed E-state index contributed by atoms with van der Waals surface area (Å²) < 4.78 is 10.8. The van der Waals surface area contributed by atoms with E-state index in [2.05, 4.69) is 5.32 Å². The number of hydrogen-bond donors (Lipinski definition) is 2. The zero-order valence-corrected chi connectivity index (χ0v) is 14.6. The minimum absolute atomic E-state index is 0.0134. The van der Waals surface area contributed by atoms with Crippen LogP contribution in [0.25, 0.3) is 0 Å². The molecule has 0 heterocycles. The third-order valence-electron chi connectivity index (χ3n) is 4.13. The van der Waals surface area contributed by atoms with Crippen molar-refractivity contribution in [2.24, 2.45) is 0 Å². The van der Waals surface area contributed by atoms with E-state index in [9.17, 15) is 4.79 Å². The summed E-state index contributed by atoms with van der Waals surface area (Å²) in [6.45, 7) is 2.57. The highest BCUT2D eigenvalue weighted by Gasteiger charge is 2.23. The lowest BCUT2D eigenvalue weighted by atomic mass is 10.1. The van der Waals surface area contributed by atoms with E-state index in [4.69, 9.17) is 9.47 Å². The third kappa shape index (κ3) is 4.26. The monoisotopic (exact) mass is 329 g/mol. The summed E-state index contributed by atoms with van der Waals surface area (Å²) in [6.07, 6.45) is 0. The number of quaternary nitrogens is 1. The molecule has 2 aromatic rings. The Morgan fingerprint density at radius 2 is 1.79 bits per heavy atom. The Bertz CT molecular complexity index is 674. The van der Waals surface area contributed by atoms with Gasteiger partial charge in [-0.3, -0.25) is 4.79 Å². The van der Waals surface area contributed by atoms with Crippen molar-refractivity contribution in [3.05, 3.63) is 54.1 Å². The maximum atomic E-state index is 12.4. The first kappa shape index (κ1) is 17.8. The fraction of sp³-hybridized carbons (Fsp3) is 0.316. The van der Waals surface area contributed by atoms with Gasteiger partial charge in [0.25, 0.3) is 5.91 Å². The first-order valence-corrected chi connectivity index (χ1v) is 7.95. The van der Waals surface area contributed by atoms with E-state index in [1.54, 1.807) is 14.2 Å². The number of benzene rings is 2. The standard InChI is InChI=1S/C19H24N2O3/c1-14(19(22)20-16-10-6-5-7-11-16)21(2)13-15-9-8-12-17(23-3)18(15)24-4/h5-12,14H,13H2,1-4H3,(H,20,22)/p+1/t14-/m0/s1. The normalized spacial score (nSPS) is 13.0. The van der Waals surface area contributed by atoms with Crippen molar-refractivity contribution in [3.63, 3.8) is 0 Å². The summed E-state index contributed by atoms with van der Waals surface area (Å²) in [5.74, 6) is 1.40. The zero-order valence-electron chi connectivity index (χ0n) is 14.6. The number of amides is 1. The van der Waals surface area contributed by atoms with E-state index < -0.39 is 0 Å². The fourth-order valence-electron chi connectivity index (χ4n) is 2.54. The molecule has 5 heteroatoms. The lowest BCUT2D eigenvalue weighted by Crippen LogP contribution is -3.12. The second-order valence-electron chi connectivity index (χ2n) is 5.75. The van der Waals surface area contributed by atoms with Crippen LogP contribution in [-0.2, 0) is 11.3 Å². The zero-order chi connectivity index (χ0) is 17.5. The average molecular weight is 329 g/mol. The predicted octanol–water partition coefficient (Wildman–Crippen LogP) is 1.75. The maximum absolute atomic E-state index is 12.4. The van der Waals surface area contributed by atoms with E-state index >= 15 is 0 Å². The van der Waals surface area contributed by atoms with Crippen molar-refractivity contribution in [2.45, 2.75) is 19.5 Å². The number of para-hydroxylation sites is 2. The molecular weight excluding hydrogens is 304 g/mol. The number of carbonyl (C=O) groups excluding carboxylic acids is 1. The molecule has 0 saturated carbocycles. The lowest BCUT2D eigenvalue weighted by Gasteiger charge is -2.22. The summed E-state index contributed by atoms with van der Waals surface area (Å²) in [5.41, 5.74) is 1.81. The predicted molar refractivity (Wildman–Crippen MR) is 94.7 cm³/mol. The molecule has 0 radical (unpaired) electrons. The van der Waals surface area contributed by atoms with E-state index in [0.717, 1.165) is 21.9 Å². The molecule has 24 heavy (non-hydrogen) atoms. The smallest absolute Gasteiger partial charge is 0.282 e. The lowest BCUT2D eigenvalue weighted by molar-refractivity contribution is -0.907. The van der Waals surface area contributed by atoms with Crippen molar-refractivity contribution in [1.82, 2.24) is 0 Å². The van der Waals surface area contributed by atoms with Crippen LogP contribution in [0, 0.1) is 0 Å². The van der Waals surface area contributed by atoms with Gasteiger partial charge in [0.05, 0.1) is 26.8 Å². The first-order valence-electron chi connectivity index (χ1n) is 7.95. The van der Waals surface area contributed by atoms with Crippen LogP contribution in [0.5, 0.6) is 11.5 Å². The molecule has 2 aromatic carbocycles. The number of methoxy groups -OCH3 is 2.